The Labute approximate surface area is 109 Å². The molecule has 0 aliphatic heterocycles. The molecule has 2 rings (SSSR count). The molecule has 2 aromatic rings. The van der Waals surface area contributed by atoms with Crippen molar-refractivity contribution in [1.29, 1.82) is 0 Å². The van der Waals surface area contributed by atoms with E-state index in [-0.39, 0.29) is 17.9 Å². The highest BCUT2D eigenvalue weighted by molar-refractivity contribution is 14.1. The van der Waals surface area contributed by atoms with Crippen LogP contribution in [0.4, 0.5) is 5.95 Å². The number of rotatable bonds is 3. The van der Waals surface area contributed by atoms with E-state index in [1.54, 1.807) is 11.4 Å². The zero-order valence-corrected chi connectivity index (χ0v) is 11.1. The molecule has 0 bridgehead atoms. The minimum Gasteiger partial charge on any atom is -0.466 e. The van der Waals surface area contributed by atoms with Gasteiger partial charge in [0.05, 0.1) is 15.6 Å². The molecular formula is C8H7IN4O2S. The number of amides is 1. The summed E-state index contributed by atoms with van der Waals surface area (Å²) >= 11 is 3.67. The standard InChI is InChI=1S/C8H7IN4O2S/c1-15-8-11-7(12-13-8)10-6(14)4-2-5(9)16-3-4/h2-3H,1H3,(H2,10,11,12,13,14). The molecule has 2 heterocycles. The predicted octanol–water partition coefficient (Wildman–Crippen LogP) is 1.73. The molecule has 6 nitrogen and oxygen atoms in total. The summed E-state index contributed by atoms with van der Waals surface area (Å²) in [5.41, 5.74) is 0.602. The molecule has 0 fully saturated rings. The molecule has 0 saturated heterocycles. The second kappa shape index (κ2) is 4.78. The molecule has 84 valence electrons. The van der Waals surface area contributed by atoms with Gasteiger partial charge in [0.15, 0.2) is 0 Å². The molecule has 0 atom stereocenters. The van der Waals surface area contributed by atoms with Crippen LogP contribution < -0.4 is 10.1 Å². The summed E-state index contributed by atoms with van der Waals surface area (Å²) in [7, 11) is 1.45. The number of ether oxygens (including phenoxy) is 1. The van der Waals surface area contributed by atoms with Gasteiger partial charge in [0.25, 0.3) is 5.91 Å². The number of hydrogen-bond donors (Lipinski definition) is 2. The molecule has 0 radical (unpaired) electrons. The first-order chi connectivity index (χ1) is 7.69. The number of thiophene rings is 1. The van der Waals surface area contributed by atoms with Crippen molar-refractivity contribution in [1.82, 2.24) is 15.2 Å². The van der Waals surface area contributed by atoms with Gasteiger partial charge in [-0.3, -0.25) is 10.1 Å². The van der Waals surface area contributed by atoms with Gasteiger partial charge in [-0.05, 0) is 28.7 Å². The number of nitrogens with zero attached hydrogens (tertiary/aromatic N) is 2. The predicted molar refractivity (Wildman–Crippen MR) is 67.9 cm³/mol. The van der Waals surface area contributed by atoms with E-state index in [1.807, 2.05) is 0 Å². The average Bonchev–Trinajstić information content (AvgIpc) is 2.87. The van der Waals surface area contributed by atoms with E-state index < -0.39 is 0 Å². The third-order valence-corrected chi connectivity index (χ3v) is 3.50. The molecular weight excluding hydrogens is 343 g/mol. The minimum absolute atomic E-state index is 0.190. The molecule has 8 heteroatoms. The zero-order chi connectivity index (χ0) is 11.5. The Morgan fingerprint density at radius 3 is 3.06 bits per heavy atom. The van der Waals surface area contributed by atoms with Crippen LogP contribution >= 0.6 is 33.9 Å². The fraction of sp³-hybridized carbons (Fsp3) is 0.125. The summed E-state index contributed by atoms with van der Waals surface area (Å²) < 4.78 is 5.84. The number of halogens is 1. The van der Waals surface area contributed by atoms with Gasteiger partial charge >= 0.3 is 6.01 Å². The van der Waals surface area contributed by atoms with Crippen LogP contribution in [0.25, 0.3) is 0 Å². The van der Waals surface area contributed by atoms with E-state index >= 15 is 0 Å². The van der Waals surface area contributed by atoms with Crippen molar-refractivity contribution in [3.05, 3.63) is 19.9 Å². The van der Waals surface area contributed by atoms with Gasteiger partial charge in [-0.2, -0.15) is 4.98 Å². The molecule has 16 heavy (non-hydrogen) atoms. The number of methoxy groups -OCH3 is 1. The lowest BCUT2D eigenvalue weighted by atomic mass is 10.3. The zero-order valence-electron chi connectivity index (χ0n) is 8.15. The van der Waals surface area contributed by atoms with Crippen LogP contribution in [-0.4, -0.2) is 28.2 Å². The first kappa shape index (κ1) is 11.3. The van der Waals surface area contributed by atoms with E-state index in [4.69, 9.17) is 4.74 Å². The van der Waals surface area contributed by atoms with E-state index in [9.17, 15) is 4.79 Å². The third-order valence-electron chi connectivity index (χ3n) is 1.71. The Balaban J connectivity index is 2.07. The number of carbonyl (C=O) groups is 1. The molecule has 0 aliphatic carbocycles. The lowest BCUT2D eigenvalue weighted by molar-refractivity contribution is 0.102. The lowest BCUT2D eigenvalue weighted by Gasteiger charge is -1.96. The third kappa shape index (κ3) is 2.50. The SMILES string of the molecule is COc1n[nH]c(NC(=O)c2csc(I)c2)n1. The van der Waals surface area contributed by atoms with Crippen molar-refractivity contribution in [2.45, 2.75) is 0 Å². The van der Waals surface area contributed by atoms with E-state index in [0.717, 1.165) is 2.88 Å². The number of carbonyl (C=O) groups excluding carboxylic acids is 1. The minimum atomic E-state index is -0.224. The van der Waals surface area contributed by atoms with Crippen LogP contribution in [-0.2, 0) is 0 Å². The Morgan fingerprint density at radius 1 is 1.69 bits per heavy atom. The molecule has 0 unspecified atom stereocenters. The topological polar surface area (TPSA) is 79.9 Å². The van der Waals surface area contributed by atoms with Crippen molar-refractivity contribution < 1.29 is 9.53 Å². The van der Waals surface area contributed by atoms with Crippen molar-refractivity contribution in [3.8, 4) is 6.01 Å². The number of aromatic amines is 1. The van der Waals surface area contributed by atoms with Gasteiger partial charge in [0, 0.05) is 5.38 Å². The van der Waals surface area contributed by atoms with Crippen LogP contribution in [0.1, 0.15) is 10.4 Å². The summed E-state index contributed by atoms with van der Waals surface area (Å²) in [5, 5.41) is 10.6. The molecule has 2 N–H and O–H groups in total. The molecule has 0 aromatic carbocycles. The maximum absolute atomic E-state index is 11.7. The largest absolute Gasteiger partial charge is 0.466 e. The van der Waals surface area contributed by atoms with Gasteiger partial charge in [-0.25, -0.2) is 5.10 Å². The van der Waals surface area contributed by atoms with Gasteiger partial charge in [0.1, 0.15) is 0 Å². The first-order valence-corrected chi connectivity index (χ1v) is 6.16. The molecule has 0 saturated carbocycles. The summed E-state index contributed by atoms with van der Waals surface area (Å²) in [4.78, 5) is 15.6. The second-order valence-corrected chi connectivity index (χ2v) is 5.57. The molecule has 2 aromatic heterocycles. The first-order valence-electron chi connectivity index (χ1n) is 4.21. The maximum atomic E-state index is 11.7. The summed E-state index contributed by atoms with van der Waals surface area (Å²) in [5.74, 6) is 0.0426. The smallest absolute Gasteiger partial charge is 0.336 e. The normalized spacial score (nSPS) is 10.1. The number of hydrogen-bond acceptors (Lipinski definition) is 5. The Kier molecular flexibility index (Phi) is 3.39. The maximum Gasteiger partial charge on any atom is 0.336 e. The Morgan fingerprint density at radius 2 is 2.50 bits per heavy atom. The van der Waals surface area contributed by atoms with Gasteiger partial charge in [-0.15, -0.1) is 16.4 Å². The monoisotopic (exact) mass is 350 g/mol. The fourth-order valence-corrected chi connectivity index (χ4v) is 2.33. The van der Waals surface area contributed by atoms with Crippen LogP contribution in [0.15, 0.2) is 11.4 Å². The molecule has 0 spiro atoms. The average molecular weight is 350 g/mol. The van der Waals surface area contributed by atoms with Gasteiger partial charge in [-0.1, -0.05) is 0 Å². The highest BCUT2D eigenvalue weighted by Gasteiger charge is 2.10. The van der Waals surface area contributed by atoms with Crippen molar-refractivity contribution >= 4 is 45.8 Å². The fourth-order valence-electron chi connectivity index (χ4n) is 1.00. The quantitative estimate of drug-likeness (QED) is 0.827. The van der Waals surface area contributed by atoms with Crippen LogP contribution in [0.5, 0.6) is 6.01 Å². The van der Waals surface area contributed by atoms with Crippen molar-refractivity contribution in [3.63, 3.8) is 0 Å². The van der Waals surface area contributed by atoms with E-state index in [2.05, 4.69) is 43.1 Å². The number of aromatic nitrogens is 3. The number of H-pyrrole nitrogens is 1. The van der Waals surface area contributed by atoms with Crippen molar-refractivity contribution in [2.24, 2.45) is 0 Å². The Bertz CT molecular complexity index is 510. The number of nitrogens with one attached hydrogen (secondary N) is 2. The van der Waals surface area contributed by atoms with E-state index in [1.165, 1.54) is 18.4 Å². The van der Waals surface area contributed by atoms with Crippen LogP contribution in [0.3, 0.4) is 0 Å². The van der Waals surface area contributed by atoms with Crippen molar-refractivity contribution in [2.75, 3.05) is 12.4 Å². The summed E-state index contributed by atoms with van der Waals surface area (Å²) in [6, 6.07) is 1.99. The summed E-state index contributed by atoms with van der Waals surface area (Å²) in [6.07, 6.45) is 0. The second-order valence-electron chi connectivity index (χ2n) is 2.76. The van der Waals surface area contributed by atoms with Crippen LogP contribution in [0.2, 0.25) is 0 Å². The number of anilines is 1. The molecule has 1 amide bonds. The van der Waals surface area contributed by atoms with Crippen LogP contribution in [0, 0.1) is 2.88 Å². The highest BCUT2D eigenvalue weighted by atomic mass is 127. The van der Waals surface area contributed by atoms with E-state index in [0.29, 0.717) is 5.56 Å². The highest BCUT2D eigenvalue weighted by Crippen LogP contribution is 2.17. The summed E-state index contributed by atoms with van der Waals surface area (Å²) in [6.45, 7) is 0. The Hall–Kier alpha value is -1.16. The van der Waals surface area contributed by atoms with Gasteiger partial charge in [0.2, 0.25) is 5.95 Å². The molecule has 0 aliphatic rings. The lowest BCUT2D eigenvalue weighted by Crippen LogP contribution is -2.11. The van der Waals surface area contributed by atoms with Gasteiger partial charge < -0.3 is 4.74 Å².